The minimum atomic E-state index is -0.161. The number of hydrogen-bond donors (Lipinski definition) is 1. The highest BCUT2D eigenvalue weighted by molar-refractivity contribution is 5.95. The predicted octanol–water partition coefficient (Wildman–Crippen LogP) is 1.40. The van der Waals surface area contributed by atoms with E-state index in [4.69, 9.17) is 14.0 Å². The van der Waals surface area contributed by atoms with E-state index in [1.54, 1.807) is 50.3 Å². The number of rotatable bonds is 6. The van der Waals surface area contributed by atoms with E-state index in [9.17, 15) is 9.59 Å². The number of hydrogen-bond acceptors (Lipinski definition) is 7. The van der Waals surface area contributed by atoms with E-state index in [1.165, 1.54) is 0 Å². The molecule has 150 valence electrons. The molecule has 2 aromatic rings. The molecule has 1 aromatic carbocycles. The summed E-state index contributed by atoms with van der Waals surface area (Å²) in [6, 6.07) is 6.79. The molecular weight excluding hydrogens is 364 g/mol. The SMILES string of the molecule is COc1cc(OC)cc(C(=O)N2CCN(CC(=O)Nc3cc(C)on3)CC2)c1. The highest BCUT2D eigenvalue weighted by atomic mass is 16.5. The van der Waals surface area contributed by atoms with Crippen LogP contribution >= 0.6 is 0 Å². The summed E-state index contributed by atoms with van der Waals surface area (Å²) in [7, 11) is 3.10. The number of methoxy groups -OCH3 is 2. The van der Waals surface area contributed by atoms with Gasteiger partial charge in [-0.15, -0.1) is 0 Å². The van der Waals surface area contributed by atoms with E-state index in [2.05, 4.69) is 10.5 Å². The second kappa shape index (κ2) is 8.75. The normalized spacial score (nSPS) is 14.6. The molecule has 2 amide bonds. The first-order chi connectivity index (χ1) is 13.5. The number of nitrogens with zero attached hydrogens (tertiary/aromatic N) is 3. The molecule has 1 saturated heterocycles. The summed E-state index contributed by atoms with van der Waals surface area (Å²) in [5, 5.41) is 6.45. The van der Waals surface area contributed by atoms with E-state index >= 15 is 0 Å². The summed E-state index contributed by atoms with van der Waals surface area (Å²) in [6.07, 6.45) is 0. The molecule has 0 aliphatic carbocycles. The molecule has 28 heavy (non-hydrogen) atoms. The smallest absolute Gasteiger partial charge is 0.254 e. The maximum atomic E-state index is 12.8. The molecular formula is C19H24N4O5. The quantitative estimate of drug-likeness (QED) is 0.799. The second-order valence-corrected chi connectivity index (χ2v) is 6.54. The van der Waals surface area contributed by atoms with Crippen LogP contribution in [0.2, 0.25) is 0 Å². The molecule has 1 aliphatic heterocycles. The lowest BCUT2D eigenvalue weighted by Crippen LogP contribution is -2.50. The number of aryl methyl sites for hydroxylation is 1. The van der Waals surface area contributed by atoms with Crippen molar-refractivity contribution in [3.8, 4) is 11.5 Å². The van der Waals surface area contributed by atoms with Gasteiger partial charge in [-0.05, 0) is 19.1 Å². The Balaban J connectivity index is 1.53. The average Bonchev–Trinajstić information content (AvgIpc) is 3.11. The van der Waals surface area contributed by atoms with Crippen LogP contribution in [-0.2, 0) is 4.79 Å². The molecule has 1 N–H and O–H groups in total. The van der Waals surface area contributed by atoms with Gasteiger partial charge in [0.05, 0.1) is 20.8 Å². The molecule has 1 aliphatic rings. The largest absolute Gasteiger partial charge is 0.497 e. The van der Waals surface area contributed by atoms with Gasteiger partial charge in [-0.3, -0.25) is 14.5 Å². The van der Waals surface area contributed by atoms with Gasteiger partial charge in [-0.1, -0.05) is 5.16 Å². The highest BCUT2D eigenvalue weighted by Gasteiger charge is 2.24. The molecule has 0 radical (unpaired) electrons. The number of benzene rings is 1. The maximum absolute atomic E-state index is 12.8. The van der Waals surface area contributed by atoms with Crippen LogP contribution in [0.3, 0.4) is 0 Å². The van der Waals surface area contributed by atoms with Gasteiger partial charge in [0.25, 0.3) is 5.91 Å². The maximum Gasteiger partial charge on any atom is 0.254 e. The lowest BCUT2D eigenvalue weighted by Gasteiger charge is -2.34. The van der Waals surface area contributed by atoms with Crippen molar-refractivity contribution in [2.75, 3.05) is 52.3 Å². The summed E-state index contributed by atoms with van der Waals surface area (Å²) < 4.78 is 15.4. The fraction of sp³-hybridized carbons (Fsp3) is 0.421. The van der Waals surface area contributed by atoms with Crippen molar-refractivity contribution in [1.82, 2.24) is 15.0 Å². The second-order valence-electron chi connectivity index (χ2n) is 6.54. The van der Waals surface area contributed by atoms with Crippen LogP contribution in [0.25, 0.3) is 0 Å². The van der Waals surface area contributed by atoms with E-state index in [0.717, 1.165) is 0 Å². The Morgan fingerprint density at radius 3 is 2.25 bits per heavy atom. The lowest BCUT2D eigenvalue weighted by atomic mass is 10.1. The number of carbonyl (C=O) groups excluding carboxylic acids is 2. The number of aromatic nitrogens is 1. The van der Waals surface area contributed by atoms with Gasteiger partial charge in [-0.25, -0.2) is 0 Å². The number of amides is 2. The molecule has 1 aromatic heterocycles. The number of ether oxygens (including phenoxy) is 2. The molecule has 0 spiro atoms. The minimum Gasteiger partial charge on any atom is -0.497 e. The summed E-state index contributed by atoms with van der Waals surface area (Å²) in [5.74, 6) is 1.94. The van der Waals surface area contributed by atoms with Crippen LogP contribution in [0, 0.1) is 6.92 Å². The van der Waals surface area contributed by atoms with E-state index < -0.39 is 0 Å². The van der Waals surface area contributed by atoms with Gasteiger partial charge in [-0.2, -0.15) is 0 Å². The Bertz CT molecular complexity index is 820. The van der Waals surface area contributed by atoms with E-state index in [1.807, 2.05) is 4.90 Å². The highest BCUT2D eigenvalue weighted by Crippen LogP contribution is 2.23. The number of anilines is 1. The zero-order valence-electron chi connectivity index (χ0n) is 16.2. The molecule has 9 nitrogen and oxygen atoms in total. The fourth-order valence-corrected chi connectivity index (χ4v) is 3.03. The molecule has 0 unspecified atom stereocenters. The van der Waals surface area contributed by atoms with Crippen molar-refractivity contribution in [2.24, 2.45) is 0 Å². The molecule has 1 fully saturated rings. The molecule has 0 bridgehead atoms. The van der Waals surface area contributed by atoms with Crippen LogP contribution < -0.4 is 14.8 Å². The first-order valence-electron chi connectivity index (χ1n) is 8.96. The predicted molar refractivity (Wildman–Crippen MR) is 102 cm³/mol. The van der Waals surface area contributed by atoms with Crippen LogP contribution in [0.1, 0.15) is 16.1 Å². The van der Waals surface area contributed by atoms with E-state index in [0.29, 0.717) is 54.8 Å². The van der Waals surface area contributed by atoms with Gasteiger partial charge >= 0.3 is 0 Å². The third-order valence-electron chi connectivity index (χ3n) is 4.52. The Labute approximate surface area is 163 Å². The Morgan fingerprint density at radius 2 is 1.71 bits per heavy atom. The first-order valence-corrected chi connectivity index (χ1v) is 8.96. The van der Waals surface area contributed by atoms with Crippen molar-refractivity contribution < 1.29 is 23.6 Å². The number of piperazine rings is 1. The third-order valence-corrected chi connectivity index (χ3v) is 4.52. The zero-order valence-corrected chi connectivity index (χ0v) is 16.2. The molecule has 3 rings (SSSR count). The molecule has 0 saturated carbocycles. The summed E-state index contributed by atoms with van der Waals surface area (Å²) in [5.41, 5.74) is 0.517. The summed E-state index contributed by atoms with van der Waals surface area (Å²) in [6.45, 7) is 4.29. The number of carbonyl (C=O) groups is 2. The molecule has 0 atom stereocenters. The van der Waals surface area contributed by atoms with Gasteiger partial charge < -0.3 is 24.2 Å². The van der Waals surface area contributed by atoms with Gasteiger partial charge in [0, 0.05) is 43.9 Å². The van der Waals surface area contributed by atoms with Crippen molar-refractivity contribution >= 4 is 17.6 Å². The van der Waals surface area contributed by atoms with Crippen LogP contribution in [0.15, 0.2) is 28.8 Å². The first kappa shape index (κ1) is 19.7. The fourth-order valence-electron chi connectivity index (χ4n) is 3.03. The average molecular weight is 388 g/mol. The zero-order chi connectivity index (χ0) is 20.1. The molecule has 2 heterocycles. The van der Waals surface area contributed by atoms with Crippen molar-refractivity contribution in [1.29, 1.82) is 0 Å². The van der Waals surface area contributed by atoms with Crippen LogP contribution in [0.4, 0.5) is 5.82 Å². The minimum absolute atomic E-state index is 0.0839. The monoisotopic (exact) mass is 388 g/mol. The van der Waals surface area contributed by atoms with Crippen molar-refractivity contribution in [3.63, 3.8) is 0 Å². The van der Waals surface area contributed by atoms with Gasteiger partial charge in [0.2, 0.25) is 5.91 Å². The van der Waals surface area contributed by atoms with Crippen LogP contribution in [-0.4, -0.2) is 73.7 Å². The van der Waals surface area contributed by atoms with Crippen molar-refractivity contribution in [3.05, 3.63) is 35.6 Å². The van der Waals surface area contributed by atoms with Gasteiger partial charge in [0.1, 0.15) is 17.3 Å². The van der Waals surface area contributed by atoms with E-state index in [-0.39, 0.29) is 18.4 Å². The molecule has 9 heteroatoms. The lowest BCUT2D eigenvalue weighted by molar-refractivity contribution is -0.117. The standard InChI is InChI=1S/C19H24N4O5/c1-13-8-17(21-28-13)20-18(24)12-22-4-6-23(7-5-22)19(25)14-9-15(26-2)11-16(10-14)27-3/h8-11H,4-7,12H2,1-3H3,(H,20,21,24). The topological polar surface area (TPSA) is 97.1 Å². The summed E-state index contributed by atoms with van der Waals surface area (Å²) in [4.78, 5) is 28.7. The van der Waals surface area contributed by atoms with Crippen LogP contribution in [0.5, 0.6) is 11.5 Å². The Morgan fingerprint density at radius 1 is 1.07 bits per heavy atom. The Hall–Kier alpha value is -3.07. The van der Waals surface area contributed by atoms with Gasteiger partial charge in [0.15, 0.2) is 5.82 Å². The summed E-state index contributed by atoms with van der Waals surface area (Å²) >= 11 is 0. The third kappa shape index (κ3) is 4.80. The van der Waals surface area contributed by atoms with Crippen molar-refractivity contribution in [2.45, 2.75) is 6.92 Å². The number of nitrogens with one attached hydrogen (secondary N) is 1. The Kier molecular flexibility index (Phi) is 6.15.